The molecule has 0 saturated carbocycles. The van der Waals surface area contributed by atoms with E-state index < -0.39 is 0 Å². The molecule has 3 unspecified atom stereocenters. The fourth-order valence-electron chi connectivity index (χ4n) is 2.98. The van der Waals surface area contributed by atoms with Crippen LogP contribution in [0.3, 0.4) is 0 Å². The first kappa shape index (κ1) is 13.7. The molecule has 1 heterocycles. The number of nitrogens with two attached hydrogens (primary N) is 1. The van der Waals surface area contributed by atoms with E-state index in [-0.39, 0.29) is 6.04 Å². The molecular weight excluding hydrogens is 244 g/mol. The van der Waals surface area contributed by atoms with Gasteiger partial charge in [0, 0.05) is 29.3 Å². The molecule has 3 atom stereocenters. The number of hydrogen-bond donors (Lipinski definition) is 1. The molecule has 3 heteroatoms. The summed E-state index contributed by atoms with van der Waals surface area (Å²) < 4.78 is 0. The molecule has 1 saturated heterocycles. The molecule has 1 aromatic carbocycles. The first-order valence-corrected chi connectivity index (χ1v) is 7.16. The number of rotatable bonds is 3. The second kappa shape index (κ2) is 5.50. The van der Waals surface area contributed by atoms with Crippen LogP contribution in [0.25, 0.3) is 0 Å². The van der Waals surface area contributed by atoms with Crippen molar-refractivity contribution < 1.29 is 0 Å². The standard InChI is InChI=1S/C15H23ClN2/c1-10-7-12(3)18(9-10)15-6-4-5-14(16)13(15)8-11(2)17/h4-6,10-12H,7-9,17H2,1-3H3. The van der Waals surface area contributed by atoms with Crippen LogP contribution in [-0.2, 0) is 6.42 Å². The SMILES string of the molecule is CC(N)Cc1c(Cl)cccc1N1CC(C)CC1C. The van der Waals surface area contributed by atoms with Gasteiger partial charge in [-0.3, -0.25) is 0 Å². The van der Waals surface area contributed by atoms with E-state index in [1.807, 2.05) is 19.1 Å². The maximum Gasteiger partial charge on any atom is 0.0459 e. The molecule has 2 N–H and O–H groups in total. The zero-order chi connectivity index (χ0) is 13.3. The van der Waals surface area contributed by atoms with Crippen molar-refractivity contribution in [3.05, 3.63) is 28.8 Å². The normalized spacial score (nSPS) is 25.5. The lowest BCUT2D eigenvalue weighted by atomic mass is 10.0. The van der Waals surface area contributed by atoms with Crippen LogP contribution in [0.2, 0.25) is 5.02 Å². The van der Waals surface area contributed by atoms with Crippen LogP contribution >= 0.6 is 11.6 Å². The monoisotopic (exact) mass is 266 g/mol. The third-order valence-electron chi connectivity index (χ3n) is 3.71. The summed E-state index contributed by atoms with van der Waals surface area (Å²) in [5, 5.41) is 0.844. The molecule has 18 heavy (non-hydrogen) atoms. The maximum atomic E-state index is 6.35. The fraction of sp³-hybridized carbons (Fsp3) is 0.600. The van der Waals surface area contributed by atoms with Crippen LogP contribution < -0.4 is 10.6 Å². The number of halogens is 1. The van der Waals surface area contributed by atoms with Crippen LogP contribution in [0.5, 0.6) is 0 Å². The average Bonchev–Trinajstić information content (AvgIpc) is 2.60. The van der Waals surface area contributed by atoms with Crippen LogP contribution in [0.1, 0.15) is 32.8 Å². The van der Waals surface area contributed by atoms with E-state index in [0.717, 1.165) is 23.9 Å². The maximum absolute atomic E-state index is 6.35. The van der Waals surface area contributed by atoms with Crippen molar-refractivity contribution in [3.8, 4) is 0 Å². The van der Waals surface area contributed by atoms with Crippen molar-refractivity contribution in [2.75, 3.05) is 11.4 Å². The summed E-state index contributed by atoms with van der Waals surface area (Å²) in [6.45, 7) is 7.75. The number of anilines is 1. The van der Waals surface area contributed by atoms with Gasteiger partial charge in [0.25, 0.3) is 0 Å². The van der Waals surface area contributed by atoms with Gasteiger partial charge < -0.3 is 10.6 Å². The van der Waals surface area contributed by atoms with Gasteiger partial charge in [-0.1, -0.05) is 24.6 Å². The fourth-order valence-corrected chi connectivity index (χ4v) is 3.22. The Hall–Kier alpha value is -0.730. The highest BCUT2D eigenvalue weighted by Crippen LogP contribution is 2.34. The van der Waals surface area contributed by atoms with E-state index in [2.05, 4.69) is 24.8 Å². The van der Waals surface area contributed by atoms with Gasteiger partial charge in [-0.25, -0.2) is 0 Å². The van der Waals surface area contributed by atoms with Crippen molar-refractivity contribution in [3.63, 3.8) is 0 Å². The summed E-state index contributed by atoms with van der Waals surface area (Å²) in [5.74, 6) is 0.752. The molecule has 0 bridgehead atoms. The summed E-state index contributed by atoms with van der Waals surface area (Å²) in [6.07, 6.45) is 2.09. The quantitative estimate of drug-likeness (QED) is 0.908. The highest BCUT2D eigenvalue weighted by atomic mass is 35.5. The molecule has 0 amide bonds. The summed E-state index contributed by atoms with van der Waals surface area (Å²) in [4.78, 5) is 2.48. The van der Waals surface area contributed by atoms with Crippen LogP contribution in [0.15, 0.2) is 18.2 Å². The van der Waals surface area contributed by atoms with E-state index in [1.165, 1.54) is 17.7 Å². The predicted octanol–water partition coefficient (Wildman–Crippen LogP) is 3.46. The average molecular weight is 267 g/mol. The lowest BCUT2D eigenvalue weighted by Crippen LogP contribution is -2.29. The molecule has 0 spiro atoms. The Morgan fingerprint density at radius 2 is 2.17 bits per heavy atom. The van der Waals surface area contributed by atoms with E-state index in [0.29, 0.717) is 6.04 Å². The van der Waals surface area contributed by atoms with E-state index in [1.54, 1.807) is 0 Å². The molecule has 0 radical (unpaired) electrons. The van der Waals surface area contributed by atoms with Gasteiger partial charge in [0.15, 0.2) is 0 Å². The molecule has 1 fully saturated rings. The Bertz CT molecular complexity index is 417. The van der Waals surface area contributed by atoms with Crippen LogP contribution in [-0.4, -0.2) is 18.6 Å². The zero-order valence-electron chi connectivity index (χ0n) is 11.5. The van der Waals surface area contributed by atoms with Crippen molar-refractivity contribution in [1.29, 1.82) is 0 Å². The highest BCUT2D eigenvalue weighted by molar-refractivity contribution is 6.31. The van der Waals surface area contributed by atoms with Gasteiger partial charge in [-0.15, -0.1) is 0 Å². The third kappa shape index (κ3) is 2.81. The van der Waals surface area contributed by atoms with Gasteiger partial charge in [-0.05, 0) is 50.3 Å². The molecule has 1 aliphatic rings. The summed E-state index contributed by atoms with van der Waals surface area (Å²) in [5.41, 5.74) is 8.42. The van der Waals surface area contributed by atoms with E-state index in [4.69, 9.17) is 17.3 Å². The smallest absolute Gasteiger partial charge is 0.0459 e. The summed E-state index contributed by atoms with van der Waals surface area (Å²) in [7, 11) is 0. The van der Waals surface area contributed by atoms with E-state index >= 15 is 0 Å². The Labute approximate surface area is 115 Å². The largest absolute Gasteiger partial charge is 0.368 e. The molecule has 1 aliphatic heterocycles. The lowest BCUT2D eigenvalue weighted by molar-refractivity contribution is 0.625. The van der Waals surface area contributed by atoms with Crippen molar-refractivity contribution >= 4 is 17.3 Å². The minimum absolute atomic E-state index is 0.138. The van der Waals surface area contributed by atoms with Crippen molar-refractivity contribution in [2.24, 2.45) is 11.7 Å². The summed E-state index contributed by atoms with van der Waals surface area (Å²) in [6, 6.07) is 6.91. The van der Waals surface area contributed by atoms with Gasteiger partial charge in [0.2, 0.25) is 0 Å². The Kier molecular flexibility index (Phi) is 4.18. The summed E-state index contributed by atoms with van der Waals surface area (Å²) >= 11 is 6.35. The number of benzene rings is 1. The molecule has 2 rings (SSSR count). The molecule has 0 aromatic heterocycles. The first-order chi connectivity index (χ1) is 8.49. The topological polar surface area (TPSA) is 29.3 Å². The first-order valence-electron chi connectivity index (χ1n) is 6.78. The third-order valence-corrected chi connectivity index (χ3v) is 4.07. The van der Waals surface area contributed by atoms with Gasteiger partial charge in [0.05, 0.1) is 0 Å². The zero-order valence-corrected chi connectivity index (χ0v) is 12.2. The van der Waals surface area contributed by atoms with Crippen LogP contribution in [0, 0.1) is 5.92 Å². The Morgan fingerprint density at radius 3 is 2.72 bits per heavy atom. The van der Waals surface area contributed by atoms with Crippen LogP contribution in [0.4, 0.5) is 5.69 Å². The van der Waals surface area contributed by atoms with Gasteiger partial charge in [0.1, 0.15) is 0 Å². The predicted molar refractivity (Wildman–Crippen MR) is 79.4 cm³/mol. The van der Waals surface area contributed by atoms with Crippen molar-refractivity contribution in [2.45, 2.75) is 45.7 Å². The Balaban J connectivity index is 2.35. The minimum atomic E-state index is 0.138. The van der Waals surface area contributed by atoms with Gasteiger partial charge in [-0.2, -0.15) is 0 Å². The van der Waals surface area contributed by atoms with E-state index in [9.17, 15) is 0 Å². The molecule has 0 aliphatic carbocycles. The van der Waals surface area contributed by atoms with Crippen molar-refractivity contribution in [1.82, 2.24) is 0 Å². The molecule has 2 nitrogen and oxygen atoms in total. The lowest BCUT2D eigenvalue weighted by Gasteiger charge is -2.27. The van der Waals surface area contributed by atoms with Gasteiger partial charge >= 0.3 is 0 Å². The highest BCUT2D eigenvalue weighted by Gasteiger charge is 2.28. The Morgan fingerprint density at radius 1 is 1.44 bits per heavy atom. The minimum Gasteiger partial charge on any atom is -0.368 e. The molecule has 100 valence electrons. The second-order valence-corrected chi connectivity index (χ2v) is 6.17. The molecule has 1 aromatic rings. The second-order valence-electron chi connectivity index (χ2n) is 5.76. The molecular formula is C15H23ClN2. The number of hydrogen-bond acceptors (Lipinski definition) is 2. The number of nitrogens with zero attached hydrogens (tertiary/aromatic N) is 1.